The summed E-state index contributed by atoms with van der Waals surface area (Å²) in [5.41, 5.74) is -3.11. The van der Waals surface area contributed by atoms with Gasteiger partial charge >= 0.3 is 11.9 Å². The van der Waals surface area contributed by atoms with Crippen LogP contribution < -0.4 is 0 Å². The van der Waals surface area contributed by atoms with Gasteiger partial charge in [-0.1, -0.05) is 32.4 Å². The molecule has 2 heterocycles. The van der Waals surface area contributed by atoms with Crippen LogP contribution in [0, 0.1) is 16.7 Å². The topological polar surface area (TPSA) is 82.1 Å². The molecule has 5 unspecified atom stereocenters. The number of esters is 2. The van der Waals surface area contributed by atoms with Crippen LogP contribution in [0.4, 0.5) is 0 Å². The van der Waals surface area contributed by atoms with Crippen molar-refractivity contribution in [2.24, 2.45) is 16.7 Å². The number of allylic oxidation sites excluding steroid dienone is 1. The van der Waals surface area contributed by atoms with Gasteiger partial charge in [-0.2, -0.15) is 0 Å². The molecular weight excluding hydrogens is 408 g/mol. The molecule has 1 aliphatic carbocycles. The van der Waals surface area contributed by atoms with Gasteiger partial charge in [0, 0.05) is 12.3 Å². The molecule has 6 nitrogen and oxygen atoms in total. The lowest BCUT2D eigenvalue weighted by Crippen LogP contribution is -2.56. The second kappa shape index (κ2) is 8.12. The number of methoxy groups -OCH3 is 1. The Hall–Kier alpha value is -1.40. The van der Waals surface area contributed by atoms with Crippen molar-refractivity contribution < 1.29 is 28.9 Å². The van der Waals surface area contributed by atoms with E-state index in [4.69, 9.17) is 14.2 Å². The molecule has 1 N–H and O–H groups in total. The third-order valence-electron chi connectivity index (χ3n) is 9.25. The number of hydrogen-bond acceptors (Lipinski definition) is 6. The van der Waals surface area contributed by atoms with Gasteiger partial charge in [-0.3, -0.25) is 9.59 Å². The number of carbonyl (C=O) groups excluding carboxylic acids is 2. The molecule has 182 valence electrons. The monoisotopic (exact) mass is 450 g/mol. The fourth-order valence-corrected chi connectivity index (χ4v) is 6.31. The van der Waals surface area contributed by atoms with Crippen LogP contribution in [-0.2, 0) is 23.8 Å². The average Bonchev–Trinajstić information content (AvgIpc) is 3.30. The molecule has 0 aromatic carbocycles. The molecule has 0 radical (unpaired) electrons. The smallest absolute Gasteiger partial charge is 0.314 e. The van der Waals surface area contributed by atoms with E-state index in [0.717, 1.165) is 25.7 Å². The second-order valence-electron chi connectivity index (χ2n) is 11.2. The van der Waals surface area contributed by atoms with Crippen molar-refractivity contribution in [1.29, 1.82) is 0 Å². The van der Waals surface area contributed by atoms with E-state index in [2.05, 4.69) is 13.0 Å². The highest BCUT2D eigenvalue weighted by atomic mass is 16.6. The van der Waals surface area contributed by atoms with Crippen LogP contribution >= 0.6 is 0 Å². The number of hydrogen-bond donors (Lipinski definition) is 1. The molecular formula is C26H42O6. The predicted octanol–water partition coefficient (Wildman–Crippen LogP) is 4.72. The van der Waals surface area contributed by atoms with Crippen LogP contribution in [0.5, 0.6) is 0 Å². The summed E-state index contributed by atoms with van der Waals surface area (Å²) in [6, 6.07) is 0. The van der Waals surface area contributed by atoms with Gasteiger partial charge in [-0.05, 0) is 66.2 Å². The van der Waals surface area contributed by atoms with Gasteiger partial charge in [-0.15, -0.1) is 0 Å². The minimum Gasteiger partial charge on any atom is -0.469 e. The van der Waals surface area contributed by atoms with E-state index in [1.807, 2.05) is 27.7 Å². The molecule has 2 fully saturated rings. The summed E-state index contributed by atoms with van der Waals surface area (Å²) >= 11 is 0. The standard InChI is InChI=1S/C26H42O6/c1-9-18-11-12-26(29,17(3)15-18)23(6,7)21(28)31-19-16-25(22(4,5)20(27)30-8)14-13-24(19,10-2)32-25/h15,17,19,29H,9-14,16H2,1-8H3. The fourth-order valence-electron chi connectivity index (χ4n) is 6.31. The van der Waals surface area contributed by atoms with Gasteiger partial charge in [0.25, 0.3) is 0 Å². The number of aliphatic hydroxyl groups is 1. The van der Waals surface area contributed by atoms with Gasteiger partial charge in [0.2, 0.25) is 0 Å². The molecule has 2 aliphatic heterocycles. The zero-order chi connectivity index (χ0) is 24.2. The zero-order valence-corrected chi connectivity index (χ0v) is 21.2. The van der Waals surface area contributed by atoms with Gasteiger partial charge in [0.05, 0.1) is 29.1 Å². The van der Waals surface area contributed by atoms with E-state index in [1.54, 1.807) is 13.8 Å². The van der Waals surface area contributed by atoms with Crippen LogP contribution in [0.25, 0.3) is 0 Å². The van der Waals surface area contributed by atoms with Crippen molar-refractivity contribution in [1.82, 2.24) is 0 Å². The fraction of sp³-hybridized carbons (Fsp3) is 0.846. The van der Waals surface area contributed by atoms with Gasteiger partial charge in [0.15, 0.2) is 0 Å². The number of ether oxygens (including phenoxy) is 3. The molecule has 0 saturated carbocycles. The minimum absolute atomic E-state index is 0.144. The lowest BCUT2D eigenvalue weighted by atomic mass is 9.62. The first kappa shape index (κ1) is 25.2. The van der Waals surface area contributed by atoms with Crippen molar-refractivity contribution in [2.75, 3.05) is 7.11 Å². The van der Waals surface area contributed by atoms with Gasteiger partial charge in [0.1, 0.15) is 11.7 Å². The Bertz CT molecular complexity index is 798. The first-order chi connectivity index (χ1) is 14.7. The van der Waals surface area contributed by atoms with E-state index >= 15 is 0 Å². The van der Waals surface area contributed by atoms with E-state index in [-0.39, 0.29) is 11.9 Å². The van der Waals surface area contributed by atoms with E-state index in [0.29, 0.717) is 19.3 Å². The average molecular weight is 451 g/mol. The van der Waals surface area contributed by atoms with Gasteiger partial charge < -0.3 is 19.3 Å². The van der Waals surface area contributed by atoms with Crippen LogP contribution in [0.15, 0.2) is 11.6 Å². The van der Waals surface area contributed by atoms with E-state index in [9.17, 15) is 14.7 Å². The summed E-state index contributed by atoms with van der Waals surface area (Å²) in [4.78, 5) is 26.1. The molecule has 0 aromatic rings. The predicted molar refractivity (Wildman–Crippen MR) is 122 cm³/mol. The SMILES string of the molecule is CCC1=CC(C)C(O)(C(C)(C)C(=O)OC2CC3(C(C)(C)C(=O)OC)CCC2(CC)O3)CC1. The van der Waals surface area contributed by atoms with Crippen LogP contribution in [0.3, 0.4) is 0 Å². The summed E-state index contributed by atoms with van der Waals surface area (Å²) in [5.74, 6) is -0.865. The molecule has 0 spiro atoms. The molecule has 0 aromatic heterocycles. The first-order valence-electron chi connectivity index (χ1n) is 12.2. The Balaban J connectivity index is 1.85. The zero-order valence-electron chi connectivity index (χ0n) is 21.2. The highest BCUT2D eigenvalue weighted by Crippen LogP contribution is 2.61. The van der Waals surface area contributed by atoms with Crippen LogP contribution in [-0.4, -0.2) is 47.1 Å². The second-order valence-corrected chi connectivity index (χ2v) is 11.2. The molecule has 3 aliphatic rings. The number of carbonyl (C=O) groups is 2. The lowest BCUT2D eigenvalue weighted by Gasteiger charge is -2.47. The van der Waals surface area contributed by atoms with Crippen LogP contribution in [0.2, 0.25) is 0 Å². The van der Waals surface area contributed by atoms with Crippen molar-refractivity contribution in [3.8, 4) is 0 Å². The summed E-state index contributed by atoms with van der Waals surface area (Å²) in [6.45, 7) is 13.4. The van der Waals surface area contributed by atoms with Crippen molar-refractivity contribution in [2.45, 2.75) is 116 Å². The third kappa shape index (κ3) is 3.44. The molecule has 2 bridgehead atoms. The summed E-state index contributed by atoms with van der Waals surface area (Å²) in [6.07, 6.45) is 6.54. The summed E-state index contributed by atoms with van der Waals surface area (Å²) < 4.78 is 17.8. The van der Waals surface area contributed by atoms with Crippen molar-refractivity contribution in [3.05, 3.63) is 11.6 Å². The molecule has 32 heavy (non-hydrogen) atoms. The van der Waals surface area contributed by atoms with E-state index < -0.39 is 39.7 Å². The maximum Gasteiger partial charge on any atom is 0.314 e. The molecule has 0 amide bonds. The summed E-state index contributed by atoms with van der Waals surface area (Å²) in [7, 11) is 1.39. The maximum atomic E-state index is 13.6. The largest absolute Gasteiger partial charge is 0.469 e. The Labute approximate surface area is 193 Å². The van der Waals surface area contributed by atoms with Crippen LogP contribution in [0.1, 0.15) is 93.4 Å². The Morgan fingerprint density at radius 1 is 1.12 bits per heavy atom. The van der Waals surface area contributed by atoms with Crippen molar-refractivity contribution in [3.63, 3.8) is 0 Å². The Morgan fingerprint density at radius 2 is 1.78 bits per heavy atom. The lowest BCUT2D eigenvalue weighted by molar-refractivity contribution is -0.192. The maximum absolute atomic E-state index is 13.6. The molecule has 3 rings (SSSR count). The highest BCUT2D eigenvalue weighted by molar-refractivity contribution is 5.79. The minimum atomic E-state index is -1.18. The highest BCUT2D eigenvalue weighted by Gasteiger charge is 2.69. The summed E-state index contributed by atoms with van der Waals surface area (Å²) in [5, 5.41) is 11.6. The molecule has 2 saturated heterocycles. The molecule has 6 heteroatoms. The number of rotatable bonds is 7. The Kier molecular flexibility index (Phi) is 6.40. The van der Waals surface area contributed by atoms with Crippen molar-refractivity contribution >= 4 is 11.9 Å². The molecule has 5 atom stereocenters. The number of fused-ring (bicyclic) bond motifs is 2. The first-order valence-corrected chi connectivity index (χ1v) is 12.2. The van der Waals surface area contributed by atoms with Gasteiger partial charge in [-0.25, -0.2) is 0 Å². The van der Waals surface area contributed by atoms with E-state index in [1.165, 1.54) is 12.7 Å². The quantitative estimate of drug-likeness (QED) is 0.446. The Morgan fingerprint density at radius 3 is 2.31 bits per heavy atom. The normalized spacial score (nSPS) is 37.2. The third-order valence-corrected chi connectivity index (χ3v) is 9.25.